The summed E-state index contributed by atoms with van der Waals surface area (Å²) < 4.78 is 19.3. The number of aliphatic hydroxyl groups excluding tert-OH is 1. The molecule has 0 saturated heterocycles. The first-order valence-electron chi connectivity index (χ1n) is 5.31. The molecule has 1 aromatic carbocycles. The summed E-state index contributed by atoms with van der Waals surface area (Å²) in [7, 11) is 0. The molecule has 0 atom stereocenters. The minimum absolute atomic E-state index is 0.100. The summed E-state index contributed by atoms with van der Waals surface area (Å²) in [5.74, 6) is 0.268. The molecule has 0 saturated carbocycles. The second-order valence-electron chi connectivity index (χ2n) is 3.71. The molecule has 94 valence electrons. The van der Waals surface area contributed by atoms with Crippen molar-refractivity contribution in [3.63, 3.8) is 0 Å². The smallest absolute Gasteiger partial charge is 0.138 e. The fourth-order valence-electron chi connectivity index (χ4n) is 1.45. The van der Waals surface area contributed by atoms with Gasteiger partial charge in [-0.15, -0.1) is 0 Å². The number of nitrogens with zero attached hydrogens (tertiary/aromatic N) is 1. The molecule has 2 aromatic rings. The molecule has 0 bridgehead atoms. The van der Waals surface area contributed by atoms with Crippen LogP contribution in [0, 0.1) is 5.82 Å². The number of halogens is 2. The van der Waals surface area contributed by atoms with Crippen LogP contribution in [0.3, 0.4) is 0 Å². The molecule has 0 aliphatic rings. The lowest BCUT2D eigenvalue weighted by atomic mass is 10.2. The topological polar surface area (TPSA) is 42.4 Å². The zero-order chi connectivity index (χ0) is 13.0. The molecule has 1 heterocycles. The Balaban J connectivity index is 2.01. The van der Waals surface area contributed by atoms with E-state index in [2.05, 4.69) is 20.9 Å². The summed E-state index contributed by atoms with van der Waals surface area (Å²) in [6.07, 6.45) is 1.53. The number of hydrogen-bond acceptors (Lipinski definition) is 3. The van der Waals surface area contributed by atoms with Crippen LogP contribution >= 0.6 is 15.9 Å². The van der Waals surface area contributed by atoms with Crippen molar-refractivity contribution < 1.29 is 14.2 Å². The summed E-state index contributed by atoms with van der Waals surface area (Å²) in [5.41, 5.74) is 1.31. The van der Waals surface area contributed by atoms with Crippen molar-refractivity contribution in [3.05, 3.63) is 58.1 Å². The number of hydrogen-bond donors (Lipinski definition) is 1. The van der Waals surface area contributed by atoms with Crippen LogP contribution in [0.25, 0.3) is 0 Å². The third-order valence-electron chi connectivity index (χ3n) is 2.29. The molecule has 3 nitrogen and oxygen atoms in total. The van der Waals surface area contributed by atoms with Gasteiger partial charge in [0.1, 0.15) is 18.2 Å². The summed E-state index contributed by atoms with van der Waals surface area (Å²) in [5, 5.41) is 8.85. The summed E-state index contributed by atoms with van der Waals surface area (Å²) >= 11 is 3.22. The van der Waals surface area contributed by atoms with E-state index in [4.69, 9.17) is 9.84 Å². The molecule has 0 radical (unpaired) electrons. The van der Waals surface area contributed by atoms with Crippen LogP contribution in [0.2, 0.25) is 0 Å². The van der Waals surface area contributed by atoms with E-state index in [1.54, 1.807) is 18.2 Å². The molecule has 2 rings (SSSR count). The Morgan fingerprint density at radius 2 is 2.11 bits per heavy atom. The molecule has 0 unspecified atom stereocenters. The highest BCUT2D eigenvalue weighted by atomic mass is 79.9. The first-order valence-corrected chi connectivity index (χ1v) is 6.10. The number of benzene rings is 1. The zero-order valence-electron chi connectivity index (χ0n) is 9.44. The molecule has 0 aliphatic heterocycles. The molecule has 0 fully saturated rings. The zero-order valence-corrected chi connectivity index (χ0v) is 11.0. The molecular weight excluding hydrogens is 301 g/mol. The van der Waals surface area contributed by atoms with Crippen molar-refractivity contribution >= 4 is 15.9 Å². The third-order valence-corrected chi connectivity index (χ3v) is 2.75. The lowest BCUT2D eigenvalue weighted by Gasteiger charge is -2.07. The Kier molecular flexibility index (Phi) is 4.28. The van der Waals surface area contributed by atoms with E-state index in [1.807, 2.05) is 0 Å². The highest BCUT2D eigenvalue weighted by molar-refractivity contribution is 9.10. The second-order valence-corrected chi connectivity index (χ2v) is 4.63. The Morgan fingerprint density at radius 3 is 2.72 bits per heavy atom. The Labute approximate surface area is 112 Å². The third kappa shape index (κ3) is 3.51. The Bertz CT molecular complexity index is 511. The number of pyridine rings is 1. The van der Waals surface area contributed by atoms with Crippen molar-refractivity contribution in [2.24, 2.45) is 0 Å². The second kappa shape index (κ2) is 5.93. The van der Waals surface area contributed by atoms with E-state index in [0.717, 1.165) is 5.56 Å². The Morgan fingerprint density at radius 1 is 1.28 bits per heavy atom. The molecule has 0 aliphatic carbocycles. The van der Waals surface area contributed by atoms with Gasteiger partial charge in [-0.3, -0.25) is 4.98 Å². The first kappa shape index (κ1) is 13.0. The average molecular weight is 312 g/mol. The average Bonchev–Trinajstić information content (AvgIpc) is 2.36. The van der Waals surface area contributed by atoms with Crippen molar-refractivity contribution in [1.29, 1.82) is 0 Å². The first-order chi connectivity index (χ1) is 8.67. The van der Waals surface area contributed by atoms with Gasteiger partial charge in [0.15, 0.2) is 0 Å². The van der Waals surface area contributed by atoms with Gasteiger partial charge in [-0.25, -0.2) is 4.39 Å². The van der Waals surface area contributed by atoms with E-state index < -0.39 is 0 Å². The predicted molar refractivity (Wildman–Crippen MR) is 68.6 cm³/mol. The molecular formula is C13H11BrFNO2. The fraction of sp³-hybridized carbons (Fsp3) is 0.154. The maximum absolute atomic E-state index is 13.1. The predicted octanol–water partition coefficient (Wildman–Crippen LogP) is 3.05. The van der Waals surface area contributed by atoms with Gasteiger partial charge in [-0.1, -0.05) is 15.9 Å². The van der Waals surface area contributed by atoms with E-state index >= 15 is 0 Å². The van der Waals surface area contributed by atoms with Crippen molar-refractivity contribution in [2.45, 2.75) is 13.2 Å². The molecule has 0 spiro atoms. The van der Waals surface area contributed by atoms with Crippen LogP contribution in [0.1, 0.15) is 11.3 Å². The standard InChI is InChI=1S/C13H11BrFNO2/c14-10-3-9(4-11(15)5-10)8-18-13-2-1-12(7-17)16-6-13/h1-6,17H,7-8H2. The molecule has 18 heavy (non-hydrogen) atoms. The van der Waals surface area contributed by atoms with Crippen molar-refractivity contribution in [1.82, 2.24) is 4.98 Å². The number of aliphatic hydroxyl groups is 1. The molecule has 1 aromatic heterocycles. The molecule has 0 amide bonds. The maximum atomic E-state index is 13.1. The quantitative estimate of drug-likeness (QED) is 0.943. The highest BCUT2D eigenvalue weighted by Gasteiger charge is 2.01. The largest absolute Gasteiger partial charge is 0.487 e. The summed E-state index contributed by atoms with van der Waals surface area (Å²) in [6, 6.07) is 7.99. The lowest BCUT2D eigenvalue weighted by Crippen LogP contribution is -1.97. The minimum Gasteiger partial charge on any atom is -0.487 e. The van der Waals surface area contributed by atoms with Crippen molar-refractivity contribution in [2.75, 3.05) is 0 Å². The lowest BCUT2D eigenvalue weighted by molar-refractivity contribution is 0.275. The van der Waals surface area contributed by atoms with Gasteiger partial charge >= 0.3 is 0 Å². The minimum atomic E-state index is -0.309. The number of aromatic nitrogens is 1. The van der Waals surface area contributed by atoms with Gasteiger partial charge < -0.3 is 9.84 Å². The van der Waals surface area contributed by atoms with Gasteiger partial charge in [-0.2, -0.15) is 0 Å². The van der Waals surface area contributed by atoms with Gasteiger partial charge in [0.25, 0.3) is 0 Å². The van der Waals surface area contributed by atoms with Crippen LogP contribution in [-0.2, 0) is 13.2 Å². The van der Waals surface area contributed by atoms with Crippen LogP contribution < -0.4 is 4.74 Å². The van der Waals surface area contributed by atoms with Crippen LogP contribution in [0.5, 0.6) is 5.75 Å². The van der Waals surface area contributed by atoms with E-state index in [0.29, 0.717) is 15.9 Å². The van der Waals surface area contributed by atoms with E-state index in [9.17, 15) is 4.39 Å². The molecule has 1 N–H and O–H groups in total. The normalized spacial score (nSPS) is 10.4. The van der Waals surface area contributed by atoms with Gasteiger partial charge in [0.2, 0.25) is 0 Å². The number of rotatable bonds is 4. The van der Waals surface area contributed by atoms with Crippen molar-refractivity contribution in [3.8, 4) is 5.75 Å². The maximum Gasteiger partial charge on any atom is 0.138 e. The van der Waals surface area contributed by atoms with Crippen LogP contribution in [0.15, 0.2) is 41.0 Å². The van der Waals surface area contributed by atoms with E-state index in [1.165, 1.54) is 18.3 Å². The van der Waals surface area contributed by atoms with Gasteiger partial charge in [0, 0.05) is 4.47 Å². The Hall–Kier alpha value is -1.46. The monoisotopic (exact) mass is 311 g/mol. The van der Waals surface area contributed by atoms with E-state index in [-0.39, 0.29) is 19.0 Å². The summed E-state index contributed by atoms with van der Waals surface area (Å²) in [6.45, 7) is 0.160. The SMILES string of the molecule is OCc1ccc(OCc2cc(F)cc(Br)c2)cn1. The fourth-order valence-corrected chi connectivity index (χ4v) is 1.96. The van der Waals surface area contributed by atoms with Crippen LogP contribution in [-0.4, -0.2) is 10.1 Å². The van der Waals surface area contributed by atoms with Gasteiger partial charge in [0.05, 0.1) is 18.5 Å². The van der Waals surface area contributed by atoms with Crippen LogP contribution in [0.4, 0.5) is 4.39 Å². The molecule has 5 heteroatoms. The highest BCUT2D eigenvalue weighted by Crippen LogP contribution is 2.17. The van der Waals surface area contributed by atoms with Gasteiger partial charge in [-0.05, 0) is 35.9 Å². The number of ether oxygens (including phenoxy) is 1. The summed E-state index contributed by atoms with van der Waals surface area (Å²) in [4.78, 5) is 3.99.